The van der Waals surface area contributed by atoms with Crippen molar-refractivity contribution in [2.75, 3.05) is 21.3 Å². The van der Waals surface area contributed by atoms with Crippen LogP contribution in [0, 0.1) is 17.3 Å². The Morgan fingerprint density at radius 1 is 1.14 bits per heavy atom. The predicted octanol–water partition coefficient (Wildman–Crippen LogP) is 3.95. The average Bonchev–Trinajstić information content (AvgIpc) is 2.79. The van der Waals surface area contributed by atoms with Gasteiger partial charge in [0.2, 0.25) is 0 Å². The maximum absolute atomic E-state index is 12.8. The van der Waals surface area contributed by atoms with Gasteiger partial charge in [0.25, 0.3) is 0 Å². The van der Waals surface area contributed by atoms with Gasteiger partial charge in [0.05, 0.1) is 12.5 Å². The summed E-state index contributed by atoms with van der Waals surface area (Å²) in [6.07, 6.45) is 7.36. The van der Waals surface area contributed by atoms with E-state index in [1.165, 1.54) is 0 Å². The highest BCUT2D eigenvalue weighted by Crippen LogP contribution is 2.60. The second-order valence-electron chi connectivity index (χ2n) is 9.13. The predicted molar refractivity (Wildman–Crippen MR) is 106 cm³/mol. The first kappa shape index (κ1) is 19.7. The number of esters is 1. The first-order chi connectivity index (χ1) is 13.3. The Morgan fingerprint density at radius 3 is 2.46 bits per heavy atom. The Bertz CT molecular complexity index is 776. The zero-order chi connectivity index (χ0) is 20.3. The van der Waals surface area contributed by atoms with Crippen LogP contribution in [0.3, 0.4) is 0 Å². The highest BCUT2D eigenvalue weighted by atomic mass is 16.6. The van der Waals surface area contributed by atoms with Crippen molar-refractivity contribution in [3.63, 3.8) is 0 Å². The molecule has 0 spiro atoms. The summed E-state index contributed by atoms with van der Waals surface area (Å²) in [5, 5.41) is 0. The number of hydrogen-bond acceptors (Lipinski definition) is 5. The maximum atomic E-state index is 12.8. The van der Waals surface area contributed by atoms with Gasteiger partial charge in [0.15, 0.2) is 0 Å². The Balaban J connectivity index is 1.86. The number of carbonyl (C=O) groups is 1. The van der Waals surface area contributed by atoms with Crippen LogP contribution >= 0.6 is 0 Å². The van der Waals surface area contributed by atoms with Gasteiger partial charge in [-0.2, -0.15) is 0 Å². The molecule has 1 saturated carbocycles. The number of carbonyl (C=O) groups excluding carboxylic acids is 1. The summed E-state index contributed by atoms with van der Waals surface area (Å²) in [7, 11) is 5.16. The van der Waals surface area contributed by atoms with E-state index >= 15 is 0 Å². The molecule has 1 saturated heterocycles. The molecule has 1 heterocycles. The van der Waals surface area contributed by atoms with Crippen LogP contribution in [0.15, 0.2) is 34.6 Å². The van der Waals surface area contributed by atoms with Crippen molar-refractivity contribution in [3.8, 4) is 0 Å². The molecule has 2 unspecified atom stereocenters. The molecule has 3 aliphatic carbocycles. The molecule has 1 aliphatic heterocycles. The summed E-state index contributed by atoms with van der Waals surface area (Å²) < 4.78 is 23.9. The summed E-state index contributed by atoms with van der Waals surface area (Å²) in [6, 6.07) is 0. The third-order valence-corrected chi connectivity index (χ3v) is 7.36. The van der Waals surface area contributed by atoms with Gasteiger partial charge in [0, 0.05) is 32.1 Å². The van der Waals surface area contributed by atoms with Crippen molar-refractivity contribution in [2.24, 2.45) is 17.3 Å². The zero-order valence-corrected chi connectivity index (χ0v) is 17.8. The van der Waals surface area contributed by atoms with Crippen LogP contribution in [0.1, 0.15) is 46.5 Å². The fraction of sp³-hybridized carbons (Fsp3) is 0.696. The second kappa shape index (κ2) is 6.74. The van der Waals surface area contributed by atoms with E-state index in [4.69, 9.17) is 18.9 Å². The van der Waals surface area contributed by atoms with E-state index in [9.17, 15) is 4.79 Å². The zero-order valence-electron chi connectivity index (χ0n) is 17.8. The smallest absolute Gasteiger partial charge is 0.313 e. The van der Waals surface area contributed by atoms with Crippen molar-refractivity contribution in [1.29, 1.82) is 0 Å². The lowest BCUT2D eigenvalue weighted by atomic mass is 9.61. The summed E-state index contributed by atoms with van der Waals surface area (Å²) in [5.41, 5.74) is 2.45. The van der Waals surface area contributed by atoms with Crippen molar-refractivity contribution in [3.05, 3.63) is 34.6 Å². The summed E-state index contributed by atoms with van der Waals surface area (Å²) in [5.74, 6) is 1.11. The molecule has 2 fully saturated rings. The first-order valence-corrected chi connectivity index (χ1v) is 10.3. The van der Waals surface area contributed by atoms with Gasteiger partial charge in [0.1, 0.15) is 23.6 Å². The van der Waals surface area contributed by atoms with Gasteiger partial charge in [-0.1, -0.05) is 26.0 Å². The maximum Gasteiger partial charge on any atom is 0.313 e. The highest BCUT2D eigenvalue weighted by Gasteiger charge is 2.64. The molecule has 4 rings (SSSR count). The second-order valence-corrected chi connectivity index (χ2v) is 9.13. The molecule has 5 nitrogen and oxygen atoms in total. The summed E-state index contributed by atoms with van der Waals surface area (Å²) in [6.45, 7) is 6.38. The van der Waals surface area contributed by atoms with Gasteiger partial charge < -0.3 is 18.9 Å². The molecule has 5 atom stereocenters. The molecule has 0 aromatic heterocycles. The fourth-order valence-electron chi connectivity index (χ4n) is 6.07. The molecular weight excluding hydrogens is 356 g/mol. The number of rotatable bonds is 4. The number of ether oxygens (including phenoxy) is 4. The van der Waals surface area contributed by atoms with Crippen LogP contribution in [-0.4, -0.2) is 45.1 Å². The molecule has 0 aromatic rings. The monoisotopic (exact) mass is 388 g/mol. The molecule has 0 aromatic carbocycles. The lowest BCUT2D eigenvalue weighted by Gasteiger charge is -2.42. The SMILES string of the molecule is COC1=C(C(C)C)C(OC)C2=C(C[C@]34CCC[C@](C)(C(=O)O3)[C@@H]4C=C2)C1OC. The van der Waals surface area contributed by atoms with Gasteiger partial charge in [-0.05, 0) is 43.3 Å². The van der Waals surface area contributed by atoms with E-state index < -0.39 is 11.0 Å². The van der Waals surface area contributed by atoms with Crippen LogP contribution in [0.5, 0.6) is 0 Å². The van der Waals surface area contributed by atoms with Gasteiger partial charge in [-0.3, -0.25) is 4.79 Å². The largest absolute Gasteiger partial charge is 0.498 e. The van der Waals surface area contributed by atoms with Crippen molar-refractivity contribution in [1.82, 2.24) is 0 Å². The minimum absolute atomic E-state index is 0.0536. The van der Waals surface area contributed by atoms with Crippen molar-refractivity contribution < 1.29 is 23.7 Å². The molecule has 0 N–H and O–H groups in total. The Kier molecular flexibility index (Phi) is 4.74. The third-order valence-electron chi connectivity index (χ3n) is 7.36. The summed E-state index contributed by atoms with van der Waals surface area (Å²) >= 11 is 0. The number of hydrogen-bond donors (Lipinski definition) is 0. The summed E-state index contributed by atoms with van der Waals surface area (Å²) in [4.78, 5) is 12.8. The molecule has 28 heavy (non-hydrogen) atoms. The van der Waals surface area contributed by atoms with Gasteiger partial charge in [-0.25, -0.2) is 0 Å². The van der Waals surface area contributed by atoms with Crippen molar-refractivity contribution in [2.45, 2.75) is 64.3 Å². The Morgan fingerprint density at radius 2 is 1.86 bits per heavy atom. The normalized spacial score (nSPS) is 39.7. The van der Waals surface area contributed by atoms with E-state index in [2.05, 4.69) is 32.9 Å². The molecule has 0 amide bonds. The van der Waals surface area contributed by atoms with Crippen LogP contribution in [-0.2, 0) is 23.7 Å². The lowest BCUT2D eigenvalue weighted by Crippen LogP contribution is -2.44. The van der Waals surface area contributed by atoms with E-state index in [0.717, 1.165) is 41.7 Å². The highest BCUT2D eigenvalue weighted by molar-refractivity contribution is 5.81. The molecule has 0 radical (unpaired) electrons. The lowest BCUT2D eigenvalue weighted by molar-refractivity contribution is -0.152. The average molecular weight is 389 g/mol. The van der Waals surface area contributed by atoms with E-state index in [1.807, 2.05) is 0 Å². The quantitative estimate of drug-likeness (QED) is 0.683. The molecule has 4 aliphatic rings. The van der Waals surface area contributed by atoms with Crippen LogP contribution in [0.2, 0.25) is 0 Å². The van der Waals surface area contributed by atoms with Crippen LogP contribution in [0.25, 0.3) is 0 Å². The third kappa shape index (κ3) is 2.48. The minimum Gasteiger partial charge on any atom is -0.498 e. The standard InChI is InChI=1S/C23H32O5/c1-13(2)17-18(25-4)14-8-9-16-22(3)10-7-11-23(16,28-21(22)24)12-15(14)19(26-5)20(17)27-6/h8-9,13,16,18-19H,7,10-12H2,1-6H3/t16-,18?,19?,22-,23-/m0/s1. The van der Waals surface area contributed by atoms with E-state index in [1.54, 1.807) is 21.3 Å². The van der Waals surface area contributed by atoms with Gasteiger partial charge in [-0.15, -0.1) is 0 Å². The van der Waals surface area contributed by atoms with Crippen LogP contribution in [0.4, 0.5) is 0 Å². The minimum atomic E-state index is -0.485. The first-order valence-electron chi connectivity index (χ1n) is 10.3. The molecule has 5 heteroatoms. The van der Waals surface area contributed by atoms with Crippen LogP contribution < -0.4 is 0 Å². The molecule has 2 bridgehead atoms. The van der Waals surface area contributed by atoms with Gasteiger partial charge >= 0.3 is 5.97 Å². The molecular formula is C23H32O5. The fourth-order valence-corrected chi connectivity index (χ4v) is 6.07. The Hall–Kier alpha value is -1.59. The molecule has 154 valence electrons. The topological polar surface area (TPSA) is 54.0 Å². The van der Waals surface area contributed by atoms with Crippen molar-refractivity contribution >= 4 is 5.97 Å². The Labute approximate surface area is 167 Å². The number of methoxy groups -OCH3 is 3. The van der Waals surface area contributed by atoms with E-state index in [0.29, 0.717) is 6.42 Å². The van der Waals surface area contributed by atoms with E-state index in [-0.39, 0.29) is 30.0 Å².